The normalized spacial score (nSPS) is 20.8. The van der Waals surface area contributed by atoms with Gasteiger partial charge in [0.15, 0.2) is 0 Å². The van der Waals surface area contributed by atoms with E-state index in [9.17, 15) is 0 Å². The molecule has 1 aliphatic heterocycles. The molecule has 24 heavy (non-hydrogen) atoms. The van der Waals surface area contributed by atoms with Crippen LogP contribution in [0.2, 0.25) is 0 Å². The maximum absolute atomic E-state index is 2.51. The second kappa shape index (κ2) is 6.01. The Bertz CT molecular complexity index is 835. The molecule has 2 unspecified atom stereocenters. The lowest BCUT2D eigenvalue weighted by Gasteiger charge is -2.25. The van der Waals surface area contributed by atoms with Crippen molar-refractivity contribution in [3.05, 3.63) is 72.2 Å². The summed E-state index contributed by atoms with van der Waals surface area (Å²) in [6.45, 7) is 7.93. The van der Waals surface area contributed by atoms with E-state index >= 15 is 0 Å². The van der Waals surface area contributed by atoms with Gasteiger partial charge >= 0.3 is 0 Å². The summed E-state index contributed by atoms with van der Waals surface area (Å²) in [6, 6.07) is 7.73. The maximum atomic E-state index is 2.51. The van der Waals surface area contributed by atoms with Crippen LogP contribution in [0.4, 0.5) is 0 Å². The average molecular weight is 318 g/mol. The molecule has 0 spiro atoms. The summed E-state index contributed by atoms with van der Waals surface area (Å²) in [5.41, 5.74) is 2.91. The second-order valence-corrected chi connectivity index (χ2v) is 7.45. The third-order valence-electron chi connectivity index (χ3n) is 5.37. The lowest BCUT2D eigenvalue weighted by Crippen LogP contribution is -2.30. The van der Waals surface area contributed by atoms with E-state index in [-0.39, 0.29) is 0 Å². The van der Waals surface area contributed by atoms with Gasteiger partial charge in [-0.1, -0.05) is 42.5 Å². The Morgan fingerprint density at radius 1 is 1.12 bits per heavy atom. The van der Waals surface area contributed by atoms with Gasteiger partial charge in [-0.3, -0.25) is 0 Å². The molecule has 0 amide bonds. The van der Waals surface area contributed by atoms with Crippen LogP contribution in [0.25, 0.3) is 10.8 Å². The molecule has 124 valence electrons. The van der Waals surface area contributed by atoms with E-state index in [2.05, 4.69) is 91.3 Å². The van der Waals surface area contributed by atoms with Gasteiger partial charge in [0.25, 0.3) is 0 Å². The highest BCUT2D eigenvalue weighted by Gasteiger charge is 2.25. The Balaban J connectivity index is 1.57. The Morgan fingerprint density at radius 2 is 2.00 bits per heavy atom. The molecule has 2 heterocycles. The Morgan fingerprint density at radius 3 is 2.79 bits per heavy atom. The number of allylic oxidation sites excluding steroid dienone is 3. The van der Waals surface area contributed by atoms with Gasteiger partial charge in [0, 0.05) is 48.5 Å². The number of aromatic nitrogens is 1. The lowest BCUT2D eigenvalue weighted by atomic mass is 9.98. The molecule has 2 aliphatic rings. The zero-order valence-corrected chi connectivity index (χ0v) is 14.8. The van der Waals surface area contributed by atoms with Crippen molar-refractivity contribution in [3.8, 4) is 0 Å². The fraction of sp³-hybridized carbons (Fsp3) is 0.364. The van der Waals surface area contributed by atoms with E-state index in [4.69, 9.17) is 0 Å². The van der Waals surface area contributed by atoms with E-state index in [1.54, 1.807) is 0 Å². The van der Waals surface area contributed by atoms with Crippen LogP contribution in [0, 0.1) is 5.92 Å². The quantitative estimate of drug-likeness (QED) is 0.762. The summed E-state index contributed by atoms with van der Waals surface area (Å²) < 4.78 is 2.32. The SMILES string of the molecule is CC(Cc1cccc2cn(C(C)C)cc12)N1C=C2C=CC=CC2C1. The van der Waals surface area contributed by atoms with E-state index in [1.807, 2.05) is 0 Å². The molecule has 0 bridgehead atoms. The number of hydrogen-bond acceptors (Lipinski definition) is 1. The maximum Gasteiger partial charge on any atom is 0.0297 e. The second-order valence-electron chi connectivity index (χ2n) is 7.45. The number of fused-ring (bicyclic) bond motifs is 2. The Kier molecular flexibility index (Phi) is 3.84. The van der Waals surface area contributed by atoms with E-state index in [1.165, 1.54) is 21.9 Å². The molecule has 0 saturated heterocycles. The predicted molar refractivity (Wildman–Crippen MR) is 102 cm³/mol. The third-order valence-corrected chi connectivity index (χ3v) is 5.37. The van der Waals surface area contributed by atoms with Crippen LogP contribution in [0.15, 0.2) is 66.7 Å². The molecule has 0 saturated carbocycles. The van der Waals surface area contributed by atoms with Crippen molar-refractivity contribution >= 4 is 10.8 Å². The molecule has 2 heteroatoms. The van der Waals surface area contributed by atoms with Crippen molar-refractivity contribution in [1.29, 1.82) is 0 Å². The summed E-state index contributed by atoms with van der Waals surface area (Å²) in [6.07, 6.45) is 16.9. The lowest BCUT2D eigenvalue weighted by molar-refractivity contribution is 0.301. The summed E-state index contributed by atoms with van der Waals surface area (Å²) in [7, 11) is 0. The molecule has 1 aromatic heterocycles. The number of nitrogens with zero attached hydrogens (tertiary/aromatic N) is 2. The average Bonchev–Trinajstić information content (AvgIpc) is 3.19. The predicted octanol–water partition coefficient (Wildman–Crippen LogP) is 5.09. The monoisotopic (exact) mass is 318 g/mol. The first-order valence-corrected chi connectivity index (χ1v) is 9.03. The van der Waals surface area contributed by atoms with Crippen LogP contribution in [0.3, 0.4) is 0 Å². The minimum Gasteiger partial charge on any atom is -0.373 e. The Hall–Kier alpha value is -2.22. The van der Waals surface area contributed by atoms with Gasteiger partial charge in [0.05, 0.1) is 0 Å². The first-order chi connectivity index (χ1) is 11.6. The van der Waals surface area contributed by atoms with Crippen LogP contribution in [-0.4, -0.2) is 22.1 Å². The van der Waals surface area contributed by atoms with Gasteiger partial charge in [-0.2, -0.15) is 0 Å². The molecule has 0 fully saturated rings. The Labute approximate surface area is 144 Å². The van der Waals surface area contributed by atoms with Crippen LogP contribution >= 0.6 is 0 Å². The zero-order valence-electron chi connectivity index (χ0n) is 14.8. The molecule has 2 aromatic rings. The molecule has 4 rings (SSSR count). The molecule has 0 radical (unpaired) electrons. The largest absolute Gasteiger partial charge is 0.373 e. The van der Waals surface area contributed by atoms with Gasteiger partial charge < -0.3 is 9.47 Å². The highest BCUT2D eigenvalue weighted by molar-refractivity contribution is 5.85. The first kappa shape index (κ1) is 15.3. The zero-order chi connectivity index (χ0) is 16.7. The van der Waals surface area contributed by atoms with Gasteiger partial charge in [0.1, 0.15) is 0 Å². The number of rotatable bonds is 4. The van der Waals surface area contributed by atoms with E-state index in [0.717, 1.165) is 13.0 Å². The fourth-order valence-corrected chi connectivity index (χ4v) is 3.84. The highest BCUT2D eigenvalue weighted by atomic mass is 15.2. The molecule has 2 atom stereocenters. The van der Waals surface area contributed by atoms with Gasteiger partial charge in [-0.05, 0) is 43.7 Å². The molecule has 1 aromatic carbocycles. The molecule has 0 N–H and O–H groups in total. The first-order valence-electron chi connectivity index (χ1n) is 9.03. The number of hydrogen-bond donors (Lipinski definition) is 0. The number of benzene rings is 1. The van der Waals surface area contributed by atoms with Crippen LogP contribution in [0.1, 0.15) is 32.4 Å². The summed E-state index contributed by atoms with van der Waals surface area (Å²) >= 11 is 0. The topological polar surface area (TPSA) is 8.17 Å². The smallest absolute Gasteiger partial charge is 0.0297 e. The molecular formula is C22H26N2. The summed E-state index contributed by atoms with van der Waals surface area (Å²) in [5, 5.41) is 2.76. The van der Waals surface area contributed by atoms with Crippen LogP contribution in [0.5, 0.6) is 0 Å². The van der Waals surface area contributed by atoms with Crippen molar-refractivity contribution in [2.24, 2.45) is 5.92 Å². The van der Waals surface area contributed by atoms with Crippen molar-refractivity contribution in [2.75, 3.05) is 6.54 Å². The molecule has 2 nitrogen and oxygen atoms in total. The third kappa shape index (κ3) is 2.71. The minimum atomic E-state index is 0.507. The van der Waals surface area contributed by atoms with Gasteiger partial charge in [0.2, 0.25) is 0 Å². The summed E-state index contributed by atoms with van der Waals surface area (Å²) in [5.74, 6) is 0.579. The fourth-order valence-electron chi connectivity index (χ4n) is 3.84. The molecular weight excluding hydrogens is 292 g/mol. The van der Waals surface area contributed by atoms with E-state index in [0.29, 0.717) is 18.0 Å². The standard InChI is InChI=1S/C22H26N2/c1-16(2)23-14-21-10-6-9-18(22(21)15-23)11-17(3)24-12-19-7-4-5-8-20(19)13-24/h4-10,12,14-17,20H,11,13H2,1-3H3. The van der Waals surface area contributed by atoms with Gasteiger partial charge in [-0.25, -0.2) is 0 Å². The summed E-state index contributed by atoms with van der Waals surface area (Å²) in [4.78, 5) is 2.51. The highest BCUT2D eigenvalue weighted by Crippen LogP contribution is 2.30. The van der Waals surface area contributed by atoms with E-state index < -0.39 is 0 Å². The van der Waals surface area contributed by atoms with Crippen LogP contribution in [-0.2, 0) is 6.42 Å². The molecule has 1 aliphatic carbocycles. The van der Waals surface area contributed by atoms with Crippen molar-refractivity contribution < 1.29 is 0 Å². The van der Waals surface area contributed by atoms with Crippen molar-refractivity contribution in [3.63, 3.8) is 0 Å². The van der Waals surface area contributed by atoms with Crippen molar-refractivity contribution in [1.82, 2.24) is 9.47 Å². The minimum absolute atomic E-state index is 0.507. The van der Waals surface area contributed by atoms with Gasteiger partial charge in [-0.15, -0.1) is 0 Å². The van der Waals surface area contributed by atoms with Crippen LogP contribution < -0.4 is 0 Å². The van der Waals surface area contributed by atoms with Crippen molar-refractivity contribution in [2.45, 2.75) is 39.3 Å².